The monoisotopic (exact) mass is 283 g/mol. The molecular weight excluding hydrogens is 266 g/mol. The Balaban J connectivity index is 1.68. The predicted octanol–water partition coefficient (Wildman–Crippen LogP) is 0.917. The summed E-state index contributed by atoms with van der Waals surface area (Å²) in [6, 6.07) is 6.43. The number of H-pyrrole nitrogens is 1. The van der Waals surface area contributed by atoms with Crippen molar-refractivity contribution in [1.82, 2.24) is 30.1 Å². The minimum Gasteiger partial charge on any atom is -0.337 e. The molecule has 0 amide bonds. The summed E-state index contributed by atoms with van der Waals surface area (Å²) in [7, 11) is 0. The molecule has 1 fully saturated rings. The first-order valence-electron chi connectivity index (χ1n) is 7.15. The lowest BCUT2D eigenvalue weighted by Gasteiger charge is -2.30. The maximum atomic E-state index is 4.64. The number of rotatable bonds is 2. The number of anilines is 1. The van der Waals surface area contributed by atoms with Crippen LogP contribution in [0.3, 0.4) is 0 Å². The van der Waals surface area contributed by atoms with E-state index in [9.17, 15) is 0 Å². The van der Waals surface area contributed by atoms with Crippen LogP contribution in [0.1, 0.15) is 6.92 Å². The lowest BCUT2D eigenvalue weighted by atomic mass is 10.2. The molecule has 108 valence electrons. The van der Waals surface area contributed by atoms with Crippen molar-refractivity contribution >= 4 is 11.5 Å². The van der Waals surface area contributed by atoms with Crippen LogP contribution < -0.4 is 10.2 Å². The number of aromatic amines is 1. The zero-order chi connectivity index (χ0) is 14.2. The quantitative estimate of drug-likeness (QED) is 0.731. The van der Waals surface area contributed by atoms with Gasteiger partial charge in [0.05, 0.1) is 17.3 Å². The van der Waals surface area contributed by atoms with Crippen molar-refractivity contribution in [2.75, 3.05) is 24.5 Å². The molecule has 4 rings (SSSR count). The number of nitrogens with one attached hydrogen (secondary N) is 2. The molecule has 0 spiro atoms. The van der Waals surface area contributed by atoms with Crippen molar-refractivity contribution in [2.24, 2.45) is 0 Å². The van der Waals surface area contributed by atoms with Crippen LogP contribution in [0.4, 0.5) is 5.95 Å². The number of aromatic nitrogens is 5. The summed E-state index contributed by atoms with van der Waals surface area (Å²) >= 11 is 0. The third kappa shape index (κ3) is 2.15. The SMILES string of the molecule is C[C@H]1CN(c2n[nH]c(-c3cnn4ccccc34)n2)CCN1. The molecule has 7 heteroatoms. The van der Waals surface area contributed by atoms with Gasteiger partial charge in [0.1, 0.15) is 0 Å². The van der Waals surface area contributed by atoms with Crippen LogP contribution >= 0.6 is 0 Å². The van der Waals surface area contributed by atoms with Gasteiger partial charge in [-0.15, -0.1) is 5.10 Å². The maximum Gasteiger partial charge on any atom is 0.245 e. The van der Waals surface area contributed by atoms with Crippen molar-refractivity contribution < 1.29 is 0 Å². The highest BCUT2D eigenvalue weighted by atomic mass is 15.4. The Labute approximate surface area is 122 Å². The molecule has 1 aliphatic heterocycles. The Morgan fingerprint density at radius 2 is 2.29 bits per heavy atom. The molecular formula is C14H17N7. The second kappa shape index (κ2) is 4.85. The van der Waals surface area contributed by atoms with Gasteiger partial charge in [0.15, 0.2) is 5.82 Å². The van der Waals surface area contributed by atoms with Gasteiger partial charge in [-0.3, -0.25) is 5.10 Å². The zero-order valence-electron chi connectivity index (χ0n) is 11.8. The fourth-order valence-electron chi connectivity index (χ4n) is 2.75. The lowest BCUT2D eigenvalue weighted by Crippen LogP contribution is -2.49. The summed E-state index contributed by atoms with van der Waals surface area (Å²) < 4.78 is 1.84. The van der Waals surface area contributed by atoms with Gasteiger partial charge in [-0.2, -0.15) is 10.1 Å². The average Bonchev–Trinajstić information content (AvgIpc) is 3.14. The van der Waals surface area contributed by atoms with E-state index in [0.717, 1.165) is 42.5 Å². The molecule has 0 aliphatic carbocycles. The highest BCUT2D eigenvalue weighted by Crippen LogP contribution is 2.22. The molecule has 0 radical (unpaired) electrons. The fraction of sp³-hybridized carbons (Fsp3) is 0.357. The van der Waals surface area contributed by atoms with E-state index in [2.05, 4.69) is 37.4 Å². The molecule has 1 aliphatic rings. The molecule has 0 aromatic carbocycles. The molecule has 0 saturated carbocycles. The van der Waals surface area contributed by atoms with Crippen molar-refractivity contribution in [3.05, 3.63) is 30.6 Å². The first-order chi connectivity index (χ1) is 10.3. The van der Waals surface area contributed by atoms with Crippen LogP contribution in [0, 0.1) is 0 Å². The maximum absolute atomic E-state index is 4.64. The Morgan fingerprint density at radius 3 is 3.19 bits per heavy atom. The molecule has 3 aromatic heterocycles. The standard InChI is InChI=1S/C14H17N7/c1-10-9-20(7-5-15-10)14-17-13(18-19-14)11-8-16-21-6-3-2-4-12(11)21/h2-4,6,8,10,15H,5,7,9H2,1H3,(H,17,18,19)/t10-/m0/s1. The van der Waals surface area contributed by atoms with Crippen LogP contribution in [0.2, 0.25) is 0 Å². The molecule has 1 saturated heterocycles. The van der Waals surface area contributed by atoms with Crippen molar-refractivity contribution in [2.45, 2.75) is 13.0 Å². The number of nitrogens with zero attached hydrogens (tertiary/aromatic N) is 5. The minimum absolute atomic E-state index is 0.456. The Morgan fingerprint density at radius 1 is 1.33 bits per heavy atom. The highest BCUT2D eigenvalue weighted by Gasteiger charge is 2.20. The minimum atomic E-state index is 0.456. The van der Waals surface area contributed by atoms with E-state index in [1.165, 1.54) is 0 Å². The number of pyridine rings is 1. The summed E-state index contributed by atoms with van der Waals surface area (Å²) in [4.78, 5) is 6.84. The van der Waals surface area contributed by atoms with Gasteiger partial charge in [-0.25, -0.2) is 4.52 Å². The predicted molar refractivity (Wildman–Crippen MR) is 80.2 cm³/mol. The van der Waals surface area contributed by atoms with Gasteiger partial charge in [-0.1, -0.05) is 6.07 Å². The molecule has 0 unspecified atom stereocenters. The third-order valence-electron chi connectivity index (χ3n) is 3.81. The third-order valence-corrected chi connectivity index (χ3v) is 3.81. The molecule has 0 bridgehead atoms. The van der Waals surface area contributed by atoms with E-state index in [1.807, 2.05) is 35.1 Å². The molecule has 7 nitrogen and oxygen atoms in total. The Hall–Kier alpha value is -2.41. The summed E-state index contributed by atoms with van der Waals surface area (Å²) in [6.45, 7) is 4.98. The molecule has 21 heavy (non-hydrogen) atoms. The molecule has 3 aromatic rings. The van der Waals surface area contributed by atoms with E-state index in [-0.39, 0.29) is 0 Å². The first kappa shape index (κ1) is 12.3. The molecule has 2 N–H and O–H groups in total. The number of piperazine rings is 1. The van der Waals surface area contributed by atoms with E-state index in [0.29, 0.717) is 6.04 Å². The average molecular weight is 283 g/mol. The number of hydrogen-bond donors (Lipinski definition) is 2. The highest BCUT2D eigenvalue weighted by molar-refractivity contribution is 5.75. The largest absolute Gasteiger partial charge is 0.337 e. The summed E-state index contributed by atoms with van der Waals surface area (Å²) in [5, 5.41) is 15.2. The number of fused-ring (bicyclic) bond motifs is 1. The van der Waals surface area contributed by atoms with Gasteiger partial charge >= 0.3 is 0 Å². The second-order valence-corrected chi connectivity index (χ2v) is 5.37. The normalized spacial score (nSPS) is 19.3. The van der Waals surface area contributed by atoms with Crippen LogP contribution in [0.15, 0.2) is 30.6 Å². The van der Waals surface area contributed by atoms with E-state index < -0.39 is 0 Å². The number of hydrogen-bond acceptors (Lipinski definition) is 5. The summed E-state index contributed by atoms with van der Waals surface area (Å²) in [6.07, 6.45) is 3.74. The van der Waals surface area contributed by atoms with Crippen molar-refractivity contribution in [3.8, 4) is 11.4 Å². The summed E-state index contributed by atoms with van der Waals surface area (Å²) in [5.74, 6) is 1.52. The van der Waals surface area contributed by atoms with Crippen molar-refractivity contribution in [1.29, 1.82) is 0 Å². The zero-order valence-corrected chi connectivity index (χ0v) is 11.8. The Bertz CT molecular complexity index is 759. The van der Waals surface area contributed by atoms with Gasteiger partial charge in [0, 0.05) is 31.9 Å². The lowest BCUT2D eigenvalue weighted by molar-refractivity contribution is 0.480. The van der Waals surface area contributed by atoms with E-state index in [4.69, 9.17) is 0 Å². The second-order valence-electron chi connectivity index (χ2n) is 5.37. The van der Waals surface area contributed by atoms with E-state index in [1.54, 1.807) is 0 Å². The smallest absolute Gasteiger partial charge is 0.245 e. The first-order valence-corrected chi connectivity index (χ1v) is 7.15. The van der Waals surface area contributed by atoms with Gasteiger partial charge in [0.2, 0.25) is 5.95 Å². The molecule has 1 atom stereocenters. The van der Waals surface area contributed by atoms with Crippen LogP contribution in [0.5, 0.6) is 0 Å². The topological polar surface area (TPSA) is 74.1 Å². The Kier molecular flexibility index (Phi) is 2.85. The fourth-order valence-corrected chi connectivity index (χ4v) is 2.75. The van der Waals surface area contributed by atoms with Crippen molar-refractivity contribution in [3.63, 3.8) is 0 Å². The van der Waals surface area contributed by atoms with E-state index >= 15 is 0 Å². The summed E-state index contributed by atoms with van der Waals surface area (Å²) in [5.41, 5.74) is 1.99. The van der Waals surface area contributed by atoms with Gasteiger partial charge in [0.25, 0.3) is 0 Å². The van der Waals surface area contributed by atoms with Gasteiger partial charge in [-0.05, 0) is 19.1 Å². The van der Waals surface area contributed by atoms with Crippen LogP contribution in [0.25, 0.3) is 16.9 Å². The molecule has 4 heterocycles. The van der Waals surface area contributed by atoms with Crippen LogP contribution in [-0.4, -0.2) is 50.5 Å². The van der Waals surface area contributed by atoms with Gasteiger partial charge < -0.3 is 10.2 Å². The van der Waals surface area contributed by atoms with Crippen LogP contribution in [-0.2, 0) is 0 Å².